The van der Waals surface area contributed by atoms with Crippen molar-refractivity contribution in [3.63, 3.8) is 0 Å². The maximum Gasteiger partial charge on any atom is 0.236 e. The third-order valence-electron chi connectivity index (χ3n) is 3.07. The van der Waals surface area contributed by atoms with E-state index in [1.807, 2.05) is 0 Å². The van der Waals surface area contributed by atoms with Crippen molar-refractivity contribution in [3.8, 4) is 5.75 Å². The van der Waals surface area contributed by atoms with Crippen LogP contribution < -0.4 is 9.46 Å². The summed E-state index contributed by atoms with van der Waals surface area (Å²) < 4.78 is 55.0. The lowest BCUT2D eigenvalue weighted by Gasteiger charge is -2.15. The summed E-state index contributed by atoms with van der Waals surface area (Å²) in [5.41, 5.74) is 0.332. The average Bonchev–Trinajstić information content (AvgIpc) is 2.73. The van der Waals surface area contributed by atoms with E-state index in [0.717, 1.165) is 0 Å². The topological polar surface area (TPSA) is 89.5 Å². The minimum Gasteiger partial charge on any atom is -0.492 e. The van der Waals surface area contributed by atoms with E-state index in [2.05, 4.69) is 4.72 Å². The van der Waals surface area contributed by atoms with Gasteiger partial charge in [-0.3, -0.25) is 4.72 Å². The zero-order valence-electron chi connectivity index (χ0n) is 11.1. The Balaban J connectivity index is 2.21. The first-order valence-corrected chi connectivity index (χ1v) is 9.65. The van der Waals surface area contributed by atoms with Crippen LogP contribution in [0.4, 0.5) is 5.69 Å². The van der Waals surface area contributed by atoms with Crippen LogP contribution in [0.1, 0.15) is 13.3 Å². The van der Waals surface area contributed by atoms with Crippen molar-refractivity contribution in [3.05, 3.63) is 24.3 Å². The number of hydrogen-bond acceptors (Lipinski definition) is 5. The van der Waals surface area contributed by atoms with E-state index in [1.54, 1.807) is 31.2 Å². The minimum atomic E-state index is -3.73. The Hall–Kier alpha value is -1.28. The molecule has 2 rings (SSSR count). The summed E-state index contributed by atoms with van der Waals surface area (Å²) in [6.07, 6.45) is 0.133. The Bertz CT molecular complexity index is 682. The first kappa shape index (κ1) is 15.1. The normalized spacial score (nSPS) is 21.6. The quantitative estimate of drug-likeness (QED) is 0.875. The van der Waals surface area contributed by atoms with E-state index in [9.17, 15) is 16.8 Å². The minimum absolute atomic E-state index is 0.0777. The van der Waals surface area contributed by atoms with Gasteiger partial charge in [0.2, 0.25) is 10.0 Å². The summed E-state index contributed by atoms with van der Waals surface area (Å²) in [6.45, 7) is 2.21. The third kappa shape index (κ3) is 3.43. The standard InChI is InChI=1S/C12H17NO5S2/c1-2-18-12-6-4-3-5-11(12)13-20(16,17)10-7-8-19(14,15)9-10/h3-6,10,13H,2,7-9H2,1H3/t10-/m0/s1. The molecule has 1 fully saturated rings. The largest absolute Gasteiger partial charge is 0.492 e. The van der Waals surface area contributed by atoms with Gasteiger partial charge >= 0.3 is 0 Å². The van der Waals surface area contributed by atoms with Crippen LogP contribution in [-0.4, -0.2) is 40.2 Å². The van der Waals surface area contributed by atoms with Crippen molar-refractivity contribution < 1.29 is 21.6 Å². The summed E-state index contributed by atoms with van der Waals surface area (Å²) in [4.78, 5) is 0. The first-order valence-electron chi connectivity index (χ1n) is 6.28. The molecule has 0 radical (unpaired) electrons. The second kappa shape index (κ2) is 5.61. The number of anilines is 1. The monoisotopic (exact) mass is 319 g/mol. The number of nitrogens with one attached hydrogen (secondary N) is 1. The Morgan fingerprint density at radius 2 is 2.05 bits per heavy atom. The predicted molar refractivity (Wildman–Crippen MR) is 77.2 cm³/mol. The van der Waals surface area contributed by atoms with Gasteiger partial charge < -0.3 is 4.74 Å². The second-order valence-electron chi connectivity index (χ2n) is 4.60. The molecule has 1 aromatic rings. The molecule has 112 valence electrons. The SMILES string of the molecule is CCOc1ccccc1NS(=O)(=O)[C@H]1CCS(=O)(=O)C1. The molecule has 0 bridgehead atoms. The van der Waals surface area contributed by atoms with Gasteiger partial charge in [-0.1, -0.05) is 12.1 Å². The van der Waals surface area contributed by atoms with Crippen molar-refractivity contribution in [1.82, 2.24) is 0 Å². The Kier molecular flexibility index (Phi) is 4.24. The molecule has 1 heterocycles. The molecule has 1 atom stereocenters. The second-order valence-corrected chi connectivity index (χ2v) is 8.79. The van der Waals surface area contributed by atoms with Crippen LogP contribution in [0.5, 0.6) is 5.75 Å². The lowest BCUT2D eigenvalue weighted by molar-refractivity contribution is 0.342. The highest BCUT2D eigenvalue weighted by atomic mass is 32.2. The van der Waals surface area contributed by atoms with E-state index >= 15 is 0 Å². The van der Waals surface area contributed by atoms with Gasteiger partial charge in [0.05, 0.1) is 29.0 Å². The highest BCUT2D eigenvalue weighted by Gasteiger charge is 2.37. The number of rotatable bonds is 5. The number of sulfone groups is 1. The lowest BCUT2D eigenvalue weighted by atomic mass is 10.3. The van der Waals surface area contributed by atoms with Crippen molar-refractivity contribution in [2.75, 3.05) is 22.8 Å². The third-order valence-corrected chi connectivity index (χ3v) is 6.83. The molecule has 0 aliphatic carbocycles. The highest BCUT2D eigenvalue weighted by Crippen LogP contribution is 2.27. The van der Waals surface area contributed by atoms with Crippen LogP contribution in [0.25, 0.3) is 0 Å². The average molecular weight is 319 g/mol. The summed E-state index contributed by atoms with van der Waals surface area (Å²) in [5.74, 6) is 0.0320. The van der Waals surface area contributed by atoms with Gasteiger partial charge in [-0.25, -0.2) is 16.8 Å². The molecule has 6 nitrogen and oxygen atoms in total. The van der Waals surface area contributed by atoms with E-state index in [4.69, 9.17) is 4.74 Å². The molecule has 0 spiro atoms. The highest BCUT2D eigenvalue weighted by molar-refractivity contribution is 7.97. The summed E-state index contributed by atoms with van der Waals surface area (Å²) in [7, 11) is -6.98. The van der Waals surface area contributed by atoms with Crippen LogP contribution in [0.15, 0.2) is 24.3 Å². The van der Waals surface area contributed by atoms with Crippen LogP contribution in [0.2, 0.25) is 0 Å². The number of ether oxygens (including phenoxy) is 1. The lowest BCUT2D eigenvalue weighted by Crippen LogP contribution is -2.29. The molecule has 0 aromatic heterocycles. The zero-order valence-corrected chi connectivity index (χ0v) is 12.7. The molecule has 1 saturated heterocycles. The van der Waals surface area contributed by atoms with Crippen molar-refractivity contribution in [2.45, 2.75) is 18.6 Å². The fraction of sp³-hybridized carbons (Fsp3) is 0.500. The molecular formula is C12H17NO5S2. The number of para-hydroxylation sites is 2. The molecule has 0 saturated carbocycles. The fourth-order valence-electron chi connectivity index (χ4n) is 2.07. The van der Waals surface area contributed by atoms with E-state index < -0.39 is 25.1 Å². The number of sulfonamides is 1. The van der Waals surface area contributed by atoms with E-state index in [0.29, 0.717) is 18.0 Å². The van der Waals surface area contributed by atoms with Gasteiger partial charge in [0, 0.05) is 0 Å². The van der Waals surface area contributed by atoms with Crippen LogP contribution in [0.3, 0.4) is 0 Å². The summed E-state index contributed by atoms with van der Waals surface area (Å²) in [5, 5.41) is -0.901. The van der Waals surface area contributed by atoms with E-state index in [1.165, 1.54) is 0 Å². The van der Waals surface area contributed by atoms with Crippen molar-refractivity contribution in [2.24, 2.45) is 0 Å². The van der Waals surface area contributed by atoms with Crippen LogP contribution in [-0.2, 0) is 19.9 Å². The smallest absolute Gasteiger partial charge is 0.236 e. The molecule has 20 heavy (non-hydrogen) atoms. The predicted octanol–water partition coefficient (Wildman–Crippen LogP) is 1.01. The molecule has 1 aromatic carbocycles. The van der Waals surface area contributed by atoms with Crippen molar-refractivity contribution >= 4 is 25.5 Å². The van der Waals surface area contributed by atoms with Gasteiger partial charge in [-0.15, -0.1) is 0 Å². The van der Waals surface area contributed by atoms with Crippen LogP contribution >= 0.6 is 0 Å². The van der Waals surface area contributed by atoms with E-state index in [-0.39, 0.29) is 17.9 Å². The first-order chi connectivity index (χ1) is 9.34. The van der Waals surface area contributed by atoms with Gasteiger partial charge in [0.1, 0.15) is 5.75 Å². The molecule has 1 aliphatic heterocycles. The number of hydrogen-bond donors (Lipinski definition) is 1. The van der Waals surface area contributed by atoms with Gasteiger partial charge in [0.25, 0.3) is 0 Å². The van der Waals surface area contributed by atoms with Gasteiger partial charge in [0.15, 0.2) is 9.84 Å². The molecule has 0 amide bonds. The Labute approximate surface area is 119 Å². The maximum absolute atomic E-state index is 12.2. The van der Waals surface area contributed by atoms with Crippen molar-refractivity contribution in [1.29, 1.82) is 0 Å². The van der Waals surface area contributed by atoms with Gasteiger partial charge in [-0.05, 0) is 25.5 Å². The fourth-order valence-corrected chi connectivity index (χ4v) is 6.18. The van der Waals surface area contributed by atoms with Crippen LogP contribution in [0, 0.1) is 0 Å². The molecule has 1 N–H and O–H groups in total. The Morgan fingerprint density at radius 3 is 2.65 bits per heavy atom. The zero-order chi connectivity index (χ0) is 14.8. The summed E-state index contributed by atoms with van der Waals surface area (Å²) >= 11 is 0. The molecule has 8 heteroatoms. The Morgan fingerprint density at radius 1 is 1.35 bits per heavy atom. The number of benzene rings is 1. The maximum atomic E-state index is 12.2. The summed E-state index contributed by atoms with van der Waals surface area (Å²) in [6, 6.07) is 6.67. The molecular weight excluding hydrogens is 302 g/mol. The molecule has 1 aliphatic rings. The van der Waals surface area contributed by atoms with Gasteiger partial charge in [-0.2, -0.15) is 0 Å². The molecule has 0 unspecified atom stereocenters.